The lowest BCUT2D eigenvalue weighted by Gasteiger charge is -2.14. The third kappa shape index (κ3) is 5.43. The molecule has 120 valence electrons. The minimum absolute atomic E-state index is 0. The minimum Gasteiger partial charge on any atom is -0.325 e. The van der Waals surface area contributed by atoms with Crippen LogP contribution in [0, 0.1) is 10.1 Å². The molecule has 21 heavy (non-hydrogen) atoms. The number of hydrogen-bond acceptors (Lipinski definition) is 5. The number of alkyl halides is 2. The molecule has 0 aromatic heterocycles. The molecule has 0 saturated heterocycles. The predicted molar refractivity (Wildman–Crippen MR) is 77.2 cm³/mol. The van der Waals surface area contributed by atoms with Gasteiger partial charge in [0, 0.05) is 6.07 Å². The van der Waals surface area contributed by atoms with Gasteiger partial charge in [0.15, 0.2) is 0 Å². The van der Waals surface area contributed by atoms with Crippen LogP contribution in [0.15, 0.2) is 27.6 Å². The van der Waals surface area contributed by atoms with Crippen molar-refractivity contribution < 1.29 is 22.1 Å². The molecule has 12 heteroatoms. The Kier molecular flexibility index (Phi) is 7.09. The SMILES string of the molecule is Cl.NCC(F)(F)CNS(=O)(=O)c1ccc([N+](=O)[O-])c(Br)c1. The van der Waals surface area contributed by atoms with Crippen LogP contribution in [-0.2, 0) is 10.0 Å². The molecule has 0 aliphatic carbocycles. The van der Waals surface area contributed by atoms with E-state index in [9.17, 15) is 27.3 Å². The van der Waals surface area contributed by atoms with E-state index in [0.717, 1.165) is 18.2 Å². The third-order valence-electron chi connectivity index (χ3n) is 2.25. The highest BCUT2D eigenvalue weighted by molar-refractivity contribution is 9.10. The Morgan fingerprint density at radius 2 is 2.00 bits per heavy atom. The molecule has 0 bridgehead atoms. The zero-order chi connectivity index (χ0) is 15.6. The highest BCUT2D eigenvalue weighted by Crippen LogP contribution is 2.27. The lowest BCUT2D eigenvalue weighted by Crippen LogP contribution is -2.41. The molecule has 7 nitrogen and oxygen atoms in total. The summed E-state index contributed by atoms with van der Waals surface area (Å²) in [7, 11) is -4.21. The summed E-state index contributed by atoms with van der Waals surface area (Å²) in [5.41, 5.74) is 4.45. The Balaban J connectivity index is 0.00000400. The number of nitrogens with two attached hydrogens (primary N) is 1. The zero-order valence-corrected chi connectivity index (χ0v) is 13.5. The van der Waals surface area contributed by atoms with Gasteiger partial charge in [0.05, 0.1) is 27.4 Å². The van der Waals surface area contributed by atoms with Gasteiger partial charge in [-0.1, -0.05) is 0 Å². The second-order valence-electron chi connectivity index (χ2n) is 3.75. The van der Waals surface area contributed by atoms with Crippen LogP contribution >= 0.6 is 28.3 Å². The number of nitro groups is 1. The average Bonchev–Trinajstić information content (AvgIpc) is 2.36. The monoisotopic (exact) mass is 409 g/mol. The molecular formula is C9H11BrClF2N3O4S. The van der Waals surface area contributed by atoms with E-state index in [1.165, 1.54) is 0 Å². The number of sulfonamides is 1. The fraction of sp³-hybridized carbons (Fsp3) is 0.333. The quantitative estimate of drug-likeness (QED) is 0.546. The van der Waals surface area contributed by atoms with Crippen LogP contribution in [0.1, 0.15) is 0 Å². The number of benzene rings is 1. The standard InChI is InChI=1S/C9H10BrF2N3O4S.ClH/c10-7-3-6(1-2-8(7)15(16)17)20(18,19)14-5-9(11,12)4-13;/h1-3,14H,4-5,13H2;1H. The smallest absolute Gasteiger partial charge is 0.283 e. The fourth-order valence-electron chi connectivity index (χ4n) is 1.16. The lowest BCUT2D eigenvalue weighted by molar-refractivity contribution is -0.385. The molecule has 0 aliphatic heterocycles. The maximum absolute atomic E-state index is 12.9. The van der Waals surface area contributed by atoms with Crippen molar-refractivity contribution in [2.24, 2.45) is 5.73 Å². The molecular weight excluding hydrogens is 400 g/mol. The first kappa shape index (κ1) is 20.1. The van der Waals surface area contributed by atoms with E-state index in [1.54, 1.807) is 4.72 Å². The summed E-state index contributed by atoms with van der Waals surface area (Å²) < 4.78 is 50.9. The second kappa shape index (κ2) is 7.40. The average molecular weight is 411 g/mol. The second-order valence-corrected chi connectivity index (χ2v) is 6.38. The van der Waals surface area contributed by atoms with Gasteiger partial charge in [0.1, 0.15) is 0 Å². The lowest BCUT2D eigenvalue weighted by atomic mass is 10.3. The zero-order valence-electron chi connectivity index (χ0n) is 10.3. The van der Waals surface area contributed by atoms with Gasteiger partial charge >= 0.3 is 0 Å². The van der Waals surface area contributed by atoms with Gasteiger partial charge in [0.2, 0.25) is 10.0 Å². The van der Waals surface area contributed by atoms with Gasteiger partial charge < -0.3 is 5.73 Å². The van der Waals surface area contributed by atoms with Crippen molar-refractivity contribution in [2.45, 2.75) is 10.8 Å². The van der Waals surface area contributed by atoms with Crippen LogP contribution in [0.2, 0.25) is 0 Å². The van der Waals surface area contributed by atoms with E-state index >= 15 is 0 Å². The van der Waals surface area contributed by atoms with Crippen LogP contribution in [0.4, 0.5) is 14.5 Å². The summed E-state index contributed by atoms with van der Waals surface area (Å²) in [5, 5.41) is 10.6. The number of hydrogen-bond donors (Lipinski definition) is 2. The first-order valence-corrected chi connectivity index (χ1v) is 7.38. The number of nitrogens with one attached hydrogen (secondary N) is 1. The normalized spacial score (nSPS) is 11.8. The topological polar surface area (TPSA) is 115 Å². The first-order valence-electron chi connectivity index (χ1n) is 5.10. The van der Waals surface area contributed by atoms with Gasteiger partial charge in [-0.05, 0) is 28.1 Å². The largest absolute Gasteiger partial charge is 0.325 e. The Hall–Kier alpha value is -0.880. The van der Waals surface area contributed by atoms with E-state index in [-0.39, 0.29) is 27.5 Å². The molecule has 0 aliphatic rings. The molecule has 0 atom stereocenters. The molecule has 0 fully saturated rings. The number of nitrogens with zero attached hydrogens (tertiary/aromatic N) is 1. The molecule has 0 saturated carbocycles. The van der Waals surface area contributed by atoms with Crippen molar-refractivity contribution in [3.05, 3.63) is 32.8 Å². The van der Waals surface area contributed by atoms with E-state index in [0.29, 0.717) is 0 Å². The van der Waals surface area contributed by atoms with Crippen molar-refractivity contribution in [3.63, 3.8) is 0 Å². The molecule has 1 aromatic carbocycles. The summed E-state index contributed by atoms with van der Waals surface area (Å²) in [5.74, 6) is -3.37. The Labute approximate surface area is 133 Å². The minimum atomic E-state index is -4.21. The summed E-state index contributed by atoms with van der Waals surface area (Å²) >= 11 is 2.84. The summed E-state index contributed by atoms with van der Waals surface area (Å²) in [6.07, 6.45) is 0. The van der Waals surface area contributed by atoms with Crippen LogP contribution in [0.3, 0.4) is 0 Å². The van der Waals surface area contributed by atoms with Crippen LogP contribution in [0.25, 0.3) is 0 Å². The number of halogens is 4. The molecule has 0 unspecified atom stereocenters. The van der Waals surface area contributed by atoms with Crippen LogP contribution in [-0.4, -0.2) is 32.4 Å². The Morgan fingerprint density at radius 3 is 2.43 bits per heavy atom. The first-order chi connectivity index (χ1) is 9.09. The summed E-state index contributed by atoms with van der Waals surface area (Å²) in [6.45, 7) is -2.15. The van der Waals surface area contributed by atoms with E-state index in [1.807, 2.05) is 0 Å². The van der Waals surface area contributed by atoms with Gasteiger partial charge in [-0.2, -0.15) is 0 Å². The van der Waals surface area contributed by atoms with Crippen molar-refractivity contribution in [2.75, 3.05) is 13.1 Å². The van der Waals surface area contributed by atoms with Crippen LogP contribution < -0.4 is 10.5 Å². The fourth-order valence-corrected chi connectivity index (χ4v) is 2.92. The maximum atomic E-state index is 12.9. The highest BCUT2D eigenvalue weighted by Gasteiger charge is 2.29. The molecule has 3 N–H and O–H groups in total. The van der Waals surface area contributed by atoms with Crippen molar-refractivity contribution in [1.29, 1.82) is 0 Å². The molecule has 1 aromatic rings. The molecule has 0 spiro atoms. The van der Waals surface area contributed by atoms with Crippen molar-refractivity contribution in [1.82, 2.24) is 4.72 Å². The third-order valence-corrected chi connectivity index (χ3v) is 4.28. The Bertz CT molecular complexity index is 629. The van der Waals surface area contributed by atoms with Gasteiger partial charge in [-0.15, -0.1) is 12.4 Å². The molecule has 0 amide bonds. The van der Waals surface area contributed by atoms with Crippen molar-refractivity contribution in [3.8, 4) is 0 Å². The molecule has 0 heterocycles. The van der Waals surface area contributed by atoms with Crippen LogP contribution in [0.5, 0.6) is 0 Å². The maximum Gasteiger partial charge on any atom is 0.283 e. The predicted octanol–water partition coefficient (Wildman–Crippen LogP) is 1.65. The van der Waals surface area contributed by atoms with Gasteiger partial charge in [-0.3, -0.25) is 10.1 Å². The molecule has 0 radical (unpaired) electrons. The van der Waals surface area contributed by atoms with E-state index in [4.69, 9.17) is 5.73 Å². The Morgan fingerprint density at radius 1 is 1.43 bits per heavy atom. The number of nitro benzene ring substituents is 1. The van der Waals surface area contributed by atoms with Gasteiger partial charge in [0.25, 0.3) is 11.6 Å². The molecule has 1 rings (SSSR count). The number of rotatable bonds is 6. The van der Waals surface area contributed by atoms with E-state index < -0.39 is 34.0 Å². The summed E-state index contributed by atoms with van der Waals surface area (Å²) in [4.78, 5) is 9.49. The summed E-state index contributed by atoms with van der Waals surface area (Å²) in [6, 6.07) is 2.87. The highest BCUT2D eigenvalue weighted by atomic mass is 79.9. The van der Waals surface area contributed by atoms with Crippen molar-refractivity contribution >= 4 is 44.0 Å². The van der Waals surface area contributed by atoms with Gasteiger partial charge in [-0.25, -0.2) is 21.9 Å². The van der Waals surface area contributed by atoms with E-state index in [2.05, 4.69) is 15.9 Å².